The molecule has 0 saturated carbocycles. The van der Waals surface area contributed by atoms with Crippen LogP contribution in [0.3, 0.4) is 0 Å². The van der Waals surface area contributed by atoms with Crippen LogP contribution in [0, 0.1) is 6.92 Å². The molecule has 4 rings (SSSR count). The zero-order valence-corrected chi connectivity index (χ0v) is 21.8. The van der Waals surface area contributed by atoms with Gasteiger partial charge in [-0.2, -0.15) is 0 Å². The van der Waals surface area contributed by atoms with E-state index < -0.39 is 5.25 Å². The van der Waals surface area contributed by atoms with E-state index >= 15 is 0 Å². The zero-order valence-electron chi connectivity index (χ0n) is 21.0. The van der Waals surface area contributed by atoms with Crippen LogP contribution in [0.4, 0.5) is 11.4 Å². The number of anilines is 1. The van der Waals surface area contributed by atoms with Gasteiger partial charge < -0.3 is 5.32 Å². The van der Waals surface area contributed by atoms with Crippen molar-refractivity contribution >= 4 is 40.1 Å². The lowest BCUT2D eigenvalue weighted by Crippen LogP contribution is -2.40. The maximum absolute atomic E-state index is 13.4. The smallest absolute Gasteiger partial charge is 0.297 e. The largest absolute Gasteiger partial charge is 0.326 e. The molecule has 2 amide bonds. The molecule has 2 aromatic carbocycles. The van der Waals surface area contributed by atoms with Crippen LogP contribution in [0.15, 0.2) is 70.5 Å². The summed E-state index contributed by atoms with van der Waals surface area (Å²) in [4.78, 5) is 45.9. The fourth-order valence-corrected chi connectivity index (χ4v) is 5.56. The lowest BCUT2D eigenvalue weighted by Gasteiger charge is -2.24. The molecule has 1 N–H and O–H groups in total. The number of nitrogens with one attached hydrogen (secondary N) is 1. The van der Waals surface area contributed by atoms with Gasteiger partial charge in [0.15, 0.2) is 10.9 Å². The van der Waals surface area contributed by atoms with Gasteiger partial charge in [0.25, 0.3) is 5.56 Å². The molecule has 0 spiro atoms. The fraction of sp³-hybridized carbons (Fsp3) is 0.333. The SMILES string of the molecule is CCC[C@@H](C)N1C(=O)[C@H](CC(=O)Nc2ccccc2)SC1=Nc1c(C)n(C)n(-c2ccccc2)c1=O. The molecule has 188 valence electrons. The molecule has 0 aliphatic carbocycles. The molecular weight excluding hydrogens is 474 g/mol. The molecule has 1 aliphatic rings. The second-order valence-electron chi connectivity index (χ2n) is 8.88. The molecule has 1 aliphatic heterocycles. The van der Waals surface area contributed by atoms with Crippen molar-refractivity contribution in [1.82, 2.24) is 14.3 Å². The van der Waals surface area contributed by atoms with Crippen LogP contribution in [-0.2, 0) is 16.6 Å². The molecular formula is C27H31N5O3S. The molecule has 1 saturated heterocycles. The van der Waals surface area contributed by atoms with Crippen molar-refractivity contribution in [2.45, 2.75) is 51.3 Å². The highest BCUT2D eigenvalue weighted by Crippen LogP contribution is 2.34. The van der Waals surface area contributed by atoms with E-state index in [4.69, 9.17) is 4.99 Å². The van der Waals surface area contributed by atoms with Gasteiger partial charge in [0.2, 0.25) is 11.8 Å². The quantitative estimate of drug-likeness (QED) is 0.483. The molecule has 0 radical (unpaired) electrons. The number of carbonyl (C=O) groups excluding carboxylic acids is 2. The molecule has 9 heteroatoms. The Kier molecular flexibility index (Phi) is 7.79. The van der Waals surface area contributed by atoms with Gasteiger partial charge in [-0.05, 0) is 44.5 Å². The topological polar surface area (TPSA) is 88.7 Å². The number of carbonyl (C=O) groups is 2. The van der Waals surface area contributed by atoms with E-state index in [1.54, 1.807) is 26.4 Å². The Morgan fingerprint density at radius 3 is 2.36 bits per heavy atom. The third-order valence-electron chi connectivity index (χ3n) is 6.27. The van der Waals surface area contributed by atoms with E-state index in [1.807, 2.05) is 69.4 Å². The van der Waals surface area contributed by atoms with E-state index in [0.29, 0.717) is 22.2 Å². The summed E-state index contributed by atoms with van der Waals surface area (Å²) in [5.41, 5.74) is 2.15. The summed E-state index contributed by atoms with van der Waals surface area (Å²) in [7, 11) is 1.81. The average Bonchev–Trinajstić information content (AvgIpc) is 3.28. The first kappa shape index (κ1) is 25.5. The number of hydrogen-bond acceptors (Lipinski definition) is 5. The predicted octanol–water partition coefficient (Wildman–Crippen LogP) is 4.63. The van der Waals surface area contributed by atoms with Gasteiger partial charge in [0.05, 0.1) is 11.4 Å². The van der Waals surface area contributed by atoms with Crippen molar-refractivity contribution in [3.63, 3.8) is 0 Å². The van der Waals surface area contributed by atoms with Crippen molar-refractivity contribution in [1.29, 1.82) is 0 Å². The third kappa shape index (κ3) is 5.16. The molecule has 36 heavy (non-hydrogen) atoms. The fourth-order valence-electron chi connectivity index (χ4n) is 4.33. The van der Waals surface area contributed by atoms with E-state index in [-0.39, 0.29) is 29.8 Å². The zero-order chi connectivity index (χ0) is 25.8. The Hall–Kier alpha value is -3.59. The third-order valence-corrected chi connectivity index (χ3v) is 7.43. The van der Waals surface area contributed by atoms with Crippen molar-refractivity contribution in [3.8, 4) is 5.69 Å². The minimum Gasteiger partial charge on any atom is -0.326 e. The molecule has 2 heterocycles. The number of aromatic nitrogens is 2. The molecule has 3 aromatic rings. The van der Waals surface area contributed by atoms with Gasteiger partial charge in [-0.1, -0.05) is 61.5 Å². The lowest BCUT2D eigenvalue weighted by atomic mass is 10.1. The molecule has 1 fully saturated rings. The van der Waals surface area contributed by atoms with Gasteiger partial charge in [0.1, 0.15) is 5.25 Å². The summed E-state index contributed by atoms with van der Waals surface area (Å²) < 4.78 is 3.34. The number of para-hydroxylation sites is 2. The number of nitrogens with zero attached hydrogens (tertiary/aromatic N) is 4. The summed E-state index contributed by atoms with van der Waals surface area (Å²) in [6, 6.07) is 18.4. The van der Waals surface area contributed by atoms with Crippen LogP contribution < -0.4 is 10.9 Å². The Morgan fingerprint density at radius 1 is 1.08 bits per heavy atom. The van der Waals surface area contributed by atoms with E-state index in [0.717, 1.165) is 18.5 Å². The van der Waals surface area contributed by atoms with Gasteiger partial charge >= 0.3 is 0 Å². The molecule has 0 unspecified atom stereocenters. The van der Waals surface area contributed by atoms with Crippen molar-refractivity contribution < 1.29 is 9.59 Å². The Bertz CT molecular complexity index is 1330. The second-order valence-corrected chi connectivity index (χ2v) is 10.0. The number of amides is 2. The summed E-state index contributed by atoms with van der Waals surface area (Å²) >= 11 is 1.25. The van der Waals surface area contributed by atoms with Crippen LogP contribution in [0.1, 0.15) is 38.8 Å². The first-order valence-corrected chi connectivity index (χ1v) is 13.0. The van der Waals surface area contributed by atoms with Crippen LogP contribution in [0.5, 0.6) is 0 Å². The minimum absolute atomic E-state index is 0.0226. The van der Waals surface area contributed by atoms with E-state index in [2.05, 4.69) is 12.2 Å². The number of rotatable bonds is 8. The van der Waals surface area contributed by atoms with E-state index in [9.17, 15) is 14.4 Å². The molecule has 2 atom stereocenters. The number of aliphatic imine (C=N–C) groups is 1. The van der Waals surface area contributed by atoms with Crippen molar-refractivity contribution in [2.75, 3.05) is 5.32 Å². The van der Waals surface area contributed by atoms with Crippen molar-refractivity contribution in [2.24, 2.45) is 12.0 Å². The highest BCUT2D eigenvalue weighted by atomic mass is 32.2. The Labute approximate surface area is 215 Å². The summed E-state index contributed by atoms with van der Waals surface area (Å²) in [5, 5.41) is 2.71. The van der Waals surface area contributed by atoms with Crippen LogP contribution in [-0.4, -0.2) is 42.5 Å². The van der Waals surface area contributed by atoms with Crippen LogP contribution >= 0.6 is 11.8 Å². The highest BCUT2D eigenvalue weighted by molar-refractivity contribution is 8.15. The average molecular weight is 506 g/mol. The standard InChI is InChI=1S/C27H31N5O3S/c1-5-12-18(2)31-25(34)22(17-23(33)28-20-13-8-6-9-14-20)36-27(31)29-24-19(3)30(4)32(26(24)35)21-15-10-7-11-16-21/h6-11,13-16,18,22H,5,12,17H2,1-4H3,(H,28,33)/t18-,22+/m1/s1. The number of hydrogen-bond donors (Lipinski definition) is 1. The second kappa shape index (κ2) is 11.0. The summed E-state index contributed by atoms with van der Waals surface area (Å²) in [5.74, 6) is -0.390. The van der Waals surface area contributed by atoms with Crippen molar-refractivity contribution in [3.05, 3.63) is 76.7 Å². The van der Waals surface area contributed by atoms with Crippen LogP contribution in [0.25, 0.3) is 5.69 Å². The number of benzene rings is 2. The summed E-state index contributed by atoms with van der Waals surface area (Å²) in [6.07, 6.45) is 1.71. The van der Waals surface area contributed by atoms with Gasteiger partial charge in [-0.15, -0.1) is 0 Å². The maximum atomic E-state index is 13.4. The highest BCUT2D eigenvalue weighted by Gasteiger charge is 2.41. The van der Waals surface area contributed by atoms with Crippen LogP contribution in [0.2, 0.25) is 0 Å². The number of thioether (sulfide) groups is 1. The molecule has 1 aromatic heterocycles. The normalized spacial score (nSPS) is 17.6. The van der Waals surface area contributed by atoms with Gasteiger partial charge in [-0.3, -0.25) is 24.0 Å². The first-order chi connectivity index (χ1) is 17.3. The Morgan fingerprint density at radius 2 is 1.72 bits per heavy atom. The maximum Gasteiger partial charge on any atom is 0.297 e. The molecule has 0 bridgehead atoms. The summed E-state index contributed by atoms with van der Waals surface area (Å²) in [6.45, 7) is 5.88. The van der Waals surface area contributed by atoms with Gasteiger partial charge in [0, 0.05) is 25.2 Å². The molecule has 8 nitrogen and oxygen atoms in total. The Balaban J connectivity index is 1.66. The lowest BCUT2D eigenvalue weighted by molar-refractivity contribution is -0.129. The monoisotopic (exact) mass is 505 g/mol. The predicted molar refractivity (Wildman–Crippen MR) is 145 cm³/mol. The van der Waals surface area contributed by atoms with Gasteiger partial charge in [-0.25, -0.2) is 9.67 Å². The number of amidine groups is 1. The minimum atomic E-state index is -0.605. The van der Waals surface area contributed by atoms with E-state index in [1.165, 1.54) is 11.8 Å². The first-order valence-electron chi connectivity index (χ1n) is 12.1.